The minimum absolute atomic E-state index is 0.523. The van der Waals surface area contributed by atoms with Crippen molar-refractivity contribution in [2.45, 2.75) is 64.7 Å². The largest absolute Gasteiger partial charge is 0.0945 e. The second-order valence-electron chi connectivity index (χ2n) is 7.64. The monoisotopic (exact) mass is 364 g/mol. The van der Waals surface area contributed by atoms with Crippen LogP contribution in [0.1, 0.15) is 73.6 Å². The Kier molecular flexibility index (Phi) is 6.81. The zero-order valence-electron chi connectivity index (χ0n) is 16.0. The number of hydrogen-bond donors (Lipinski definition) is 0. The van der Waals surface area contributed by atoms with Crippen LogP contribution < -0.4 is 0 Å². The molecule has 0 aliphatic heterocycles. The minimum Gasteiger partial charge on any atom is -0.0945 e. The van der Waals surface area contributed by atoms with Gasteiger partial charge in [0.1, 0.15) is 0 Å². The first-order valence-corrected chi connectivity index (χ1v) is 10.4. The van der Waals surface area contributed by atoms with E-state index in [9.17, 15) is 0 Å². The summed E-state index contributed by atoms with van der Waals surface area (Å²) < 4.78 is 0. The Morgan fingerprint density at radius 1 is 1.00 bits per heavy atom. The first kappa shape index (κ1) is 19.1. The summed E-state index contributed by atoms with van der Waals surface area (Å²) in [6.07, 6.45) is 8.35. The van der Waals surface area contributed by atoms with Gasteiger partial charge in [0.2, 0.25) is 0 Å². The van der Waals surface area contributed by atoms with Crippen LogP contribution in [0.2, 0.25) is 5.02 Å². The Morgan fingerprint density at radius 3 is 2.38 bits per heavy atom. The summed E-state index contributed by atoms with van der Waals surface area (Å²) in [6, 6.07) is 15.4. The van der Waals surface area contributed by atoms with Crippen molar-refractivity contribution in [1.82, 2.24) is 0 Å². The molecule has 2 aromatic carbocycles. The molecule has 136 valence electrons. The molecule has 26 heavy (non-hydrogen) atoms. The molecule has 1 aliphatic carbocycles. The summed E-state index contributed by atoms with van der Waals surface area (Å²) in [5.74, 6) is 8.10. The van der Waals surface area contributed by atoms with Crippen LogP contribution in [0.5, 0.6) is 0 Å². The molecule has 0 N–H and O–H groups in total. The highest BCUT2D eigenvalue weighted by molar-refractivity contribution is 6.31. The van der Waals surface area contributed by atoms with Crippen LogP contribution in [0.25, 0.3) is 0 Å². The normalized spacial score (nSPS) is 19.7. The lowest BCUT2D eigenvalue weighted by atomic mass is 9.79. The fourth-order valence-corrected chi connectivity index (χ4v) is 4.07. The molecular formula is C25H29Cl. The van der Waals surface area contributed by atoms with Crippen molar-refractivity contribution >= 4 is 11.6 Å². The summed E-state index contributed by atoms with van der Waals surface area (Å²) in [6.45, 7) is 4.36. The van der Waals surface area contributed by atoms with Crippen LogP contribution in [0.4, 0.5) is 0 Å². The summed E-state index contributed by atoms with van der Waals surface area (Å²) in [5.41, 5.74) is 5.14. The molecule has 1 heteroatoms. The van der Waals surface area contributed by atoms with Gasteiger partial charge < -0.3 is 0 Å². The SMILES string of the molecule is CCCCc1ccc(C#C[C@H]2CC[C@H](c3ccc(C)cc3)CC2)cc1Cl. The van der Waals surface area contributed by atoms with Crippen LogP contribution >= 0.6 is 11.6 Å². The maximum atomic E-state index is 6.42. The molecular weight excluding hydrogens is 336 g/mol. The van der Waals surface area contributed by atoms with E-state index < -0.39 is 0 Å². The zero-order valence-corrected chi connectivity index (χ0v) is 16.8. The lowest BCUT2D eigenvalue weighted by molar-refractivity contribution is 0.384. The Hall–Kier alpha value is -1.71. The summed E-state index contributed by atoms with van der Waals surface area (Å²) in [4.78, 5) is 0. The number of benzene rings is 2. The summed E-state index contributed by atoms with van der Waals surface area (Å²) >= 11 is 6.42. The van der Waals surface area contributed by atoms with Gasteiger partial charge in [-0.2, -0.15) is 0 Å². The predicted molar refractivity (Wildman–Crippen MR) is 113 cm³/mol. The molecule has 0 nitrogen and oxygen atoms in total. The fraction of sp³-hybridized carbons (Fsp3) is 0.440. The molecule has 0 amide bonds. The van der Waals surface area contributed by atoms with Crippen molar-refractivity contribution < 1.29 is 0 Å². The summed E-state index contributed by atoms with van der Waals surface area (Å²) in [7, 11) is 0. The van der Waals surface area contributed by atoms with E-state index >= 15 is 0 Å². The zero-order chi connectivity index (χ0) is 18.4. The average Bonchev–Trinajstić information content (AvgIpc) is 2.67. The lowest BCUT2D eigenvalue weighted by Crippen LogP contribution is -2.12. The summed E-state index contributed by atoms with van der Waals surface area (Å²) in [5, 5.41) is 0.869. The third kappa shape index (κ3) is 5.15. The van der Waals surface area contributed by atoms with Crippen LogP contribution in [-0.4, -0.2) is 0 Å². The van der Waals surface area contributed by atoms with Crippen molar-refractivity contribution in [3.8, 4) is 11.8 Å². The van der Waals surface area contributed by atoms with Crippen molar-refractivity contribution in [3.05, 3.63) is 69.7 Å². The Labute approximate surface area is 164 Å². The third-order valence-electron chi connectivity index (χ3n) is 5.55. The molecule has 0 bridgehead atoms. The molecule has 0 spiro atoms. The highest BCUT2D eigenvalue weighted by atomic mass is 35.5. The molecule has 2 aromatic rings. The number of halogens is 1. The second-order valence-corrected chi connectivity index (χ2v) is 8.05. The molecule has 0 aromatic heterocycles. The van der Waals surface area contributed by atoms with E-state index in [1.807, 2.05) is 6.07 Å². The van der Waals surface area contributed by atoms with E-state index in [0.29, 0.717) is 11.8 Å². The van der Waals surface area contributed by atoms with Gasteiger partial charge in [-0.1, -0.05) is 72.7 Å². The highest BCUT2D eigenvalue weighted by Gasteiger charge is 2.21. The maximum Gasteiger partial charge on any atom is 0.0450 e. The number of rotatable bonds is 4. The smallest absolute Gasteiger partial charge is 0.0450 e. The highest BCUT2D eigenvalue weighted by Crippen LogP contribution is 2.35. The molecule has 1 saturated carbocycles. The Morgan fingerprint density at radius 2 is 1.73 bits per heavy atom. The lowest BCUT2D eigenvalue weighted by Gasteiger charge is -2.26. The van der Waals surface area contributed by atoms with E-state index in [2.05, 4.69) is 62.1 Å². The molecule has 1 aliphatic rings. The number of hydrogen-bond acceptors (Lipinski definition) is 0. The minimum atomic E-state index is 0.523. The fourth-order valence-electron chi connectivity index (χ4n) is 3.79. The molecule has 0 saturated heterocycles. The second kappa shape index (κ2) is 9.29. The van der Waals surface area contributed by atoms with Gasteiger partial charge in [0.25, 0.3) is 0 Å². The van der Waals surface area contributed by atoms with Crippen molar-refractivity contribution in [2.24, 2.45) is 5.92 Å². The molecule has 3 rings (SSSR count). The van der Waals surface area contributed by atoms with Gasteiger partial charge in [-0.05, 0) is 74.6 Å². The van der Waals surface area contributed by atoms with Crippen molar-refractivity contribution in [2.75, 3.05) is 0 Å². The van der Waals surface area contributed by atoms with Gasteiger partial charge in [-0.25, -0.2) is 0 Å². The Bertz CT molecular complexity index is 768. The first-order valence-electron chi connectivity index (χ1n) is 10.0. The molecule has 0 unspecified atom stereocenters. The van der Waals surface area contributed by atoms with Gasteiger partial charge in [-0.15, -0.1) is 0 Å². The van der Waals surface area contributed by atoms with Crippen LogP contribution in [0.3, 0.4) is 0 Å². The topological polar surface area (TPSA) is 0 Å². The predicted octanol–water partition coefficient (Wildman–Crippen LogP) is 7.32. The van der Waals surface area contributed by atoms with Crippen LogP contribution in [0, 0.1) is 24.7 Å². The van der Waals surface area contributed by atoms with Crippen LogP contribution in [-0.2, 0) is 6.42 Å². The van der Waals surface area contributed by atoms with Crippen molar-refractivity contribution in [3.63, 3.8) is 0 Å². The third-order valence-corrected chi connectivity index (χ3v) is 5.90. The molecule has 1 fully saturated rings. The Balaban J connectivity index is 1.56. The van der Waals surface area contributed by atoms with Gasteiger partial charge in [-0.3, -0.25) is 0 Å². The number of unbranched alkanes of at least 4 members (excludes halogenated alkanes) is 1. The molecule has 0 atom stereocenters. The van der Waals surface area contributed by atoms with E-state index in [1.54, 1.807) is 0 Å². The standard InChI is InChI=1S/C25H29Cl/c1-3-4-5-24-17-12-21(18-25(24)26)9-8-20-10-15-23(16-11-20)22-13-6-19(2)7-14-22/h6-7,12-14,17-18,20,23H,3-5,10-11,15-16H2,1-2H3/t20-,23-. The van der Waals surface area contributed by atoms with E-state index in [0.717, 1.165) is 17.0 Å². The van der Waals surface area contributed by atoms with Gasteiger partial charge in [0.05, 0.1) is 0 Å². The maximum absolute atomic E-state index is 6.42. The van der Waals surface area contributed by atoms with E-state index in [-0.39, 0.29) is 0 Å². The first-order chi connectivity index (χ1) is 12.7. The van der Waals surface area contributed by atoms with Gasteiger partial charge >= 0.3 is 0 Å². The van der Waals surface area contributed by atoms with Crippen molar-refractivity contribution in [1.29, 1.82) is 0 Å². The molecule has 0 heterocycles. The van der Waals surface area contributed by atoms with Gasteiger partial charge in [0.15, 0.2) is 0 Å². The van der Waals surface area contributed by atoms with Gasteiger partial charge in [0, 0.05) is 16.5 Å². The van der Waals surface area contributed by atoms with Crippen LogP contribution in [0.15, 0.2) is 42.5 Å². The number of aryl methyl sites for hydroxylation is 2. The molecule has 0 radical (unpaired) electrons. The van der Waals surface area contributed by atoms with E-state index in [4.69, 9.17) is 11.6 Å². The average molecular weight is 365 g/mol. The van der Waals surface area contributed by atoms with E-state index in [1.165, 1.54) is 55.2 Å². The quantitative estimate of drug-likeness (QED) is 0.498.